The lowest BCUT2D eigenvalue weighted by Gasteiger charge is -2.42. The van der Waals surface area contributed by atoms with Crippen LogP contribution in [0.25, 0.3) is 0 Å². The molecule has 29 heteroatoms. The first-order valence-corrected chi connectivity index (χ1v) is 25.8. The van der Waals surface area contributed by atoms with Crippen molar-refractivity contribution in [2.75, 3.05) is 59.8 Å². The van der Waals surface area contributed by atoms with Crippen LogP contribution in [0.1, 0.15) is 79.1 Å². The summed E-state index contributed by atoms with van der Waals surface area (Å²) in [6.45, 7) is 3.74. The van der Waals surface area contributed by atoms with Gasteiger partial charge in [-0.05, 0) is 52.4 Å². The molecule has 4 heterocycles. The first-order valence-electron chi connectivity index (χ1n) is 22.9. The Morgan fingerprint density at radius 2 is 1.10 bits per heavy atom. The number of amides is 4. The van der Waals surface area contributed by atoms with E-state index in [9.17, 15) is 68.7 Å². The predicted octanol–water partition coefficient (Wildman–Crippen LogP) is -3.76. The van der Waals surface area contributed by atoms with Gasteiger partial charge in [0, 0.05) is 60.1 Å². The minimum atomic E-state index is -5.14. The third-order valence-corrected chi connectivity index (χ3v) is 13.9. The van der Waals surface area contributed by atoms with Crippen LogP contribution in [-0.4, -0.2) is 216 Å². The molecule has 4 aliphatic heterocycles. The third kappa shape index (κ3) is 18.0. The van der Waals surface area contributed by atoms with Crippen LogP contribution in [0.3, 0.4) is 0 Å². The number of nitrogens with one attached hydrogen (secondary N) is 2. The zero-order valence-corrected chi connectivity index (χ0v) is 41.2. The first kappa shape index (κ1) is 59.2. The summed E-state index contributed by atoms with van der Waals surface area (Å²) in [5.74, 6) is -1.89. The van der Waals surface area contributed by atoms with E-state index < -0.39 is 139 Å². The molecule has 4 saturated heterocycles. The monoisotopic (exact) mass is 1040 g/mol. The van der Waals surface area contributed by atoms with Crippen molar-refractivity contribution < 1.29 is 111 Å². The highest BCUT2D eigenvalue weighted by Gasteiger charge is 2.47. The highest BCUT2D eigenvalue weighted by atomic mass is 31.2. The molecule has 0 aromatic rings. The summed E-state index contributed by atoms with van der Waals surface area (Å²) >= 11 is 0. The Labute approximate surface area is 400 Å². The van der Waals surface area contributed by atoms with Crippen LogP contribution in [-0.2, 0) is 70.1 Å². The van der Waals surface area contributed by atoms with E-state index in [1.807, 2.05) is 0 Å². The summed E-state index contributed by atoms with van der Waals surface area (Å²) < 4.78 is 74.0. The van der Waals surface area contributed by atoms with E-state index in [0.717, 1.165) is 7.11 Å². The molecule has 16 atom stereocenters. The van der Waals surface area contributed by atoms with Crippen molar-refractivity contribution in [1.29, 1.82) is 0 Å². The normalized spacial score (nSPS) is 33.5. The third-order valence-electron chi connectivity index (χ3n) is 11.9. The molecule has 0 aromatic carbocycles. The Balaban J connectivity index is 1.30. The molecule has 0 saturated carbocycles. The topological polar surface area (TPSA) is 384 Å². The molecule has 69 heavy (non-hydrogen) atoms. The quantitative estimate of drug-likeness (QED) is 0.0289. The number of likely N-dealkylation sites (tertiary alicyclic amines) is 2. The average Bonchev–Trinajstić information content (AvgIpc) is 3.88. The molecular weight excluding hydrogens is 966 g/mol. The maximum atomic E-state index is 13.5. The molecule has 10 unspecified atom stereocenters. The summed E-state index contributed by atoms with van der Waals surface area (Å²) in [6.07, 6.45) is -12.3. The van der Waals surface area contributed by atoms with Gasteiger partial charge in [0.05, 0.1) is 56.8 Å². The molecule has 0 bridgehead atoms. The SMILES string of the molecule is COP(=O)([O-])OC1CC(COP(=O)([O-])OC2CC(COC(C)C)N(C(=O)CCCCO[C@@H]3OC(CO)[C@H](O)[C@H](O)C3NC(C)=O)C2)N(C(=O)CCCCO[C@@H]2OC(CO)[C@H](O)[C@H](O)C2NC(C)=O)C1. The molecule has 400 valence electrons. The molecule has 0 aliphatic carbocycles. The van der Waals surface area contributed by atoms with Crippen molar-refractivity contribution in [1.82, 2.24) is 20.4 Å². The molecule has 4 amide bonds. The molecule has 0 spiro atoms. The van der Waals surface area contributed by atoms with E-state index >= 15 is 0 Å². The number of ether oxygens (including phenoxy) is 5. The molecule has 4 fully saturated rings. The van der Waals surface area contributed by atoms with Crippen molar-refractivity contribution in [2.45, 2.75) is 171 Å². The number of carbonyl (C=O) groups excluding carboxylic acids is 4. The Bertz CT molecular complexity index is 1760. The van der Waals surface area contributed by atoms with Crippen LogP contribution in [0.4, 0.5) is 0 Å². The number of aliphatic hydroxyl groups is 6. The summed E-state index contributed by atoms with van der Waals surface area (Å²) in [5, 5.41) is 65.5. The predicted molar refractivity (Wildman–Crippen MR) is 230 cm³/mol. The van der Waals surface area contributed by atoms with Gasteiger partial charge in [0.15, 0.2) is 12.6 Å². The number of phosphoric acid groups is 2. The summed E-state index contributed by atoms with van der Waals surface area (Å²) in [6, 6.07) is -3.86. The summed E-state index contributed by atoms with van der Waals surface area (Å²) in [7, 11) is -9.02. The Kier molecular flexibility index (Phi) is 23.7. The lowest BCUT2D eigenvalue weighted by molar-refractivity contribution is -0.270. The molecule has 4 aliphatic rings. The van der Waals surface area contributed by atoms with Gasteiger partial charge >= 0.3 is 0 Å². The second-order valence-corrected chi connectivity index (χ2v) is 20.4. The fourth-order valence-corrected chi connectivity index (χ4v) is 9.95. The van der Waals surface area contributed by atoms with E-state index in [4.69, 9.17) is 37.3 Å². The number of hydrogen-bond acceptors (Lipinski definition) is 23. The van der Waals surface area contributed by atoms with E-state index in [-0.39, 0.29) is 83.4 Å². The maximum absolute atomic E-state index is 13.5. The zero-order valence-electron chi connectivity index (χ0n) is 39.4. The smallest absolute Gasteiger partial charge is 0.268 e. The fraction of sp³-hybridized carbons (Fsp3) is 0.900. The molecule has 4 rings (SSSR count). The van der Waals surface area contributed by atoms with Gasteiger partial charge < -0.3 is 103 Å². The largest absolute Gasteiger partial charge is 0.756 e. The van der Waals surface area contributed by atoms with Crippen molar-refractivity contribution in [2.24, 2.45) is 0 Å². The minimum absolute atomic E-state index is 0.0103. The number of aliphatic hydroxyl groups excluding tert-OH is 6. The van der Waals surface area contributed by atoms with Crippen LogP contribution in [0.15, 0.2) is 0 Å². The van der Waals surface area contributed by atoms with Crippen LogP contribution in [0.5, 0.6) is 0 Å². The Morgan fingerprint density at radius 1 is 0.681 bits per heavy atom. The van der Waals surface area contributed by atoms with Gasteiger partial charge in [0.2, 0.25) is 23.6 Å². The van der Waals surface area contributed by atoms with Gasteiger partial charge in [-0.25, -0.2) is 0 Å². The van der Waals surface area contributed by atoms with Crippen LogP contribution >= 0.6 is 15.6 Å². The Morgan fingerprint density at radius 3 is 1.49 bits per heavy atom. The highest BCUT2D eigenvalue weighted by Crippen LogP contribution is 2.45. The van der Waals surface area contributed by atoms with Crippen molar-refractivity contribution in [3.63, 3.8) is 0 Å². The fourth-order valence-electron chi connectivity index (χ4n) is 8.42. The van der Waals surface area contributed by atoms with Crippen LogP contribution in [0, 0.1) is 0 Å². The van der Waals surface area contributed by atoms with Gasteiger partial charge in [-0.3, -0.25) is 28.3 Å². The van der Waals surface area contributed by atoms with Crippen molar-refractivity contribution >= 4 is 39.3 Å². The number of rotatable bonds is 27. The molecule has 0 radical (unpaired) electrons. The summed E-state index contributed by atoms with van der Waals surface area (Å²) in [5.41, 5.74) is 0. The van der Waals surface area contributed by atoms with Gasteiger partial charge in [-0.15, -0.1) is 0 Å². The lowest BCUT2D eigenvalue weighted by Crippen LogP contribution is -2.64. The molecule has 27 nitrogen and oxygen atoms in total. The summed E-state index contributed by atoms with van der Waals surface area (Å²) in [4.78, 5) is 78.6. The molecule has 0 aromatic heterocycles. The van der Waals surface area contributed by atoms with Gasteiger partial charge in [0.1, 0.15) is 48.7 Å². The first-order chi connectivity index (χ1) is 32.5. The Hall–Kier alpha value is -2.34. The van der Waals surface area contributed by atoms with Gasteiger partial charge in [-0.2, -0.15) is 0 Å². The van der Waals surface area contributed by atoms with Gasteiger partial charge in [-0.1, -0.05) is 0 Å². The number of hydrogen-bond donors (Lipinski definition) is 8. The van der Waals surface area contributed by atoms with Crippen molar-refractivity contribution in [3.05, 3.63) is 0 Å². The zero-order chi connectivity index (χ0) is 51.2. The second-order valence-electron chi connectivity index (χ2n) is 17.6. The van der Waals surface area contributed by atoms with Crippen LogP contribution < -0.4 is 20.4 Å². The van der Waals surface area contributed by atoms with E-state index in [2.05, 4.69) is 15.2 Å². The van der Waals surface area contributed by atoms with E-state index in [0.29, 0.717) is 12.8 Å². The second kappa shape index (κ2) is 27.6. The standard InChI is InChI=1S/C40H72N4O23P2/c1-22(2)62-20-25-14-28(17-43(25)31(49)10-6-8-12-60-39-33(41-23(3)47)37(53)35(51)29(18-45)64-39)67-69(57,58)63-21-26-15-27(66-68(55,56)59-5)16-44(26)32(50)11-7-9-13-61-40-34(42-24(4)48)38(54)36(52)30(19-46)65-40/h22,25-30,33-40,45-46,51-54H,6-21H2,1-5H3,(H,41,47)(H,42,48)(H,55,56)(H,57,58)/p-2/t25?,26?,27?,28?,29?,30?,33?,34?,35-,36-,37+,38+,39+,40+/m0/s1. The number of unbranched alkanes of at least 4 members (excludes halogenated alkanes) is 2. The van der Waals surface area contributed by atoms with Crippen LogP contribution in [0.2, 0.25) is 0 Å². The van der Waals surface area contributed by atoms with E-state index in [1.54, 1.807) is 13.8 Å². The van der Waals surface area contributed by atoms with E-state index in [1.165, 1.54) is 23.6 Å². The van der Waals surface area contributed by atoms with Gasteiger partial charge in [0.25, 0.3) is 15.6 Å². The minimum Gasteiger partial charge on any atom is -0.756 e. The maximum Gasteiger partial charge on any atom is 0.268 e. The number of nitrogens with zero attached hydrogens (tertiary/aromatic N) is 2. The molecular formula is C40H70N4O23P2-2. The van der Waals surface area contributed by atoms with Crippen molar-refractivity contribution in [3.8, 4) is 0 Å². The molecule has 8 N–H and O–H groups in total. The number of phosphoric ester groups is 2. The lowest BCUT2D eigenvalue weighted by atomic mass is 9.97. The average molecular weight is 1040 g/mol. The highest BCUT2D eigenvalue weighted by molar-refractivity contribution is 7.46. The number of carbonyl (C=O) groups is 4.